The van der Waals surface area contributed by atoms with Gasteiger partial charge < -0.3 is 4.98 Å². The molecule has 0 bridgehead atoms. The highest BCUT2D eigenvalue weighted by atomic mass is 79.9. The fraction of sp³-hybridized carbons (Fsp3) is 0.0909. The van der Waals surface area contributed by atoms with Crippen LogP contribution in [0.5, 0.6) is 0 Å². The third-order valence-electron chi connectivity index (χ3n) is 2.11. The molecule has 5 heteroatoms. The van der Waals surface area contributed by atoms with Crippen LogP contribution in [-0.2, 0) is 6.42 Å². The number of imidazole rings is 1. The lowest BCUT2D eigenvalue weighted by atomic mass is 10.1. The summed E-state index contributed by atoms with van der Waals surface area (Å²) in [6.07, 6.45) is 3.53. The van der Waals surface area contributed by atoms with Crippen molar-refractivity contribution in [3.05, 3.63) is 51.5 Å². The zero-order valence-electron chi connectivity index (χ0n) is 8.21. The average Bonchev–Trinajstić information content (AvgIpc) is 2.74. The number of aromatic amines is 1. The van der Waals surface area contributed by atoms with E-state index >= 15 is 0 Å². The number of hydrogen-bond acceptors (Lipinski definition) is 2. The topological polar surface area (TPSA) is 45.8 Å². The fourth-order valence-electron chi connectivity index (χ4n) is 1.35. The number of Topliss-reactive ketones (excluding diaryl/α,β-unsaturated/α-hetero) is 1. The van der Waals surface area contributed by atoms with Crippen LogP contribution in [0.3, 0.4) is 0 Å². The summed E-state index contributed by atoms with van der Waals surface area (Å²) >= 11 is 9.27. The highest BCUT2D eigenvalue weighted by Gasteiger charge is 2.12. The van der Waals surface area contributed by atoms with Gasteiger partial charge in [0.25, 0.3) is 0 Å². The summed E-state index contributed by atoms with van der Waals surface area (Å²) in [5, 5.41) is 0.458. The quantitative estimate of drug-likeness (QED) is 0.884. The highest BCUT2D eigenvalue weighted by molar-refractivity contribution is 9.10. The van der Waals surface area contributed by atoms with E-state index in [2.05, 4.69) is 25.9 Å². The van der Waals surface area contributed by atoms with Crippen molar-refractivity contribution in [3.8, 4) is 0 Å². The lowest BCUT2D eigenvalue weighted by Gasteiger charge is -2.02. The van der Waals surface area contributed by atoms with Crippen molar-refractivity contribution in [2.75, 3.05) is 0 Å². The number of nitrogens with one attached hydrogen (secondary N) is 1. The van der Waals surface area contributed by atoms with E-state index in [4.69, 9.17) is 11.6 Å². The molecule has 0 aliphatic heterocycles. The molecule has 0 radical (unpaired) electrons. The van der Waals surface area contributed by atoms with Crippen molar-refractivity contribution in [3.63, 3.8) is 0 Å². The number of carbonyl (C=O) groups is 1. The van der Waals surface area contributed by atoms with Gasteiger partial charge in [0.15, 0.2) is 5.78 Å². The molecule has 1 N–H and O–H groups in total. The van der Waals surface area contributed by atoms with Gasteiger partial charge in [-0.05, 0) is 18.2 Å². The van der Waals surface area contributed by atoms with Gasteiger partial charge in [0, 0.05) is 22.4 Å². The van der Waals surface area contributed by atoms with Crippen LogP contribution in [0.2, 0.25) is 5.02 Å². The Balaban J connectivity index is 2.24. The summed E-state index contributed by atoms with van der Waals surface area (Å²) in [5.41, 5.74) is 0.507. The van der Waals surface area contributed by atoms with Gasteiger partial charge >= 0.3 is 0 Å². The summed E-state index contributed by atoms with van der Waals surface area (Å²) in [5.74, 6) is 0.585. The highest BCUT2D eigenvalue weighted by Crippen LogP contribution is 2.22. The smallest absolute Gasteiger partial charge is 0.171 e. The number of ketones is 1. The number of aromatic nitrogens is 2. The third kappa shape index (κ3) is 2.51. The minimum atomic E-state index is -0.0544. The van der Waals surface area contributed by atoms with E-state index < -0.39 is 0 Å². The minimum Gasteiger partial charge on any atom is -0.348 e. The Bertz CT molecular complexity index is 511. The number of hydrogen-bond donors (Lipinski definition) is 1. The maximum atomic E-state index is 11.9. The second-order valence-electron chi connectivity index (χ2n) is 3.26. The first-order valence-electron chi connectivity index (χ1n) is 4.63. The molecule has 0 aliphatic rings. The maximum absolute atomic E-state index is 11.9. The number of rotatable bonds is 3. The van der Waals surface area contributed by atoms with Crippen LogP contribution in [0.1, 0.15) is 16.2 Å². The first kappa shape index (κ1) is 11.4. The number of benzene rings is 1. The second-order valence-corrected chi connectivity index (χ2v) is 4.58. The van der Waals surface area contributed by atoms with Crippen LogP contribution in [0.15, 0.2) is 35.1 Å². The van der Waals surface area contributed by atoms with Crippen molar-refractivity contribution in [2.24, 2.45) is 0 Å². The first-order chi connectivity index (χ1) is 7.66. The molecule has 0 fully saturated rings. The summed E-state index contributed by atoms with van der Waals surface area (Å²) in [6.45, 7) is 0. The molecule has 0 spiro atoms. The molecular weight excluding hydrogens is 291 g/mol. The van der Waals surface area contributed by atoms with E-state index in [1.165, 1.54) is 0 Å². The van der Waals surface area contributed by atoms with Crippen LogP contribution >= 0.6 is 27.5 Å². The van der Waals surface area contributed by atoms with Crippen LogP contribution in [0, 0.1) is 0 Å². The Kier molecular flexibility index (Phi) is 3.41. The third-order valence-corrected chi connectivity index (χ3v) is 2.93. The Hall–Kier alpha value is -1.13. The summed E-state index contributed by atoms with van der Waals surface area (Å²) in [7, 11) is 0. The molecule has 0 unspecified atom stereocenters. The number of H-pyrrole nitrogens is 1. The summed E-state index contributed by atoms with van der Waals surface area (Å²) < 4.78 is 0.833. The standard InChI is InChI=1S/C11H8BrClN2O/c12-7-1-2-9(13)8(5-7)10(16)6-11-14-3-4-15-11/h1-5H,6H2,(H,14,15). The SMILES string of the molecule is O=C(Cc1ncc[nH]1)c1cc(Br)ccc1Cl. The van der Waals surface area contributed by atoms with E-state index in [0.717, 1.165) is 4.47 Å². The molecule has 2 aromatic rings. The fourth-order valence-corrected chi connectivity index (χ4v) is 1.94. The number of nitrogens with zero attached hydrogens (tertiary/aromatic N) is 1. The largest absolute Gasteiger partial charge is 0.348 e. The molecule has 3 nitrogen and oxygen atoms in total. The Morgan fingerprint density at radius 1 is 1.50 bits per heavy atom. The molecule has 0 aliphatic carbocycles. The maximum Gasteiger partial charge on any atom is 0.171 e. The molecule has 1 aromatic heterocycles. The number of halogens is 2. The van der Waals surface area contributed by atoms with Crippen molar-refractivity contribution in [1.82, 2.24) is 9.97 Å². The predicted octanol–water partition coefficient (Wildman–Crippen LogP) is 3.25. The minimum absolute atomic E-state index is 0.0544. The molecule has 1 aromatic carbocycles. The van der Waals surface area contributed by atoms with E-state index in [9.17, 15) is 4.79 Å². The first-order valence-corrected chi connectivity index (χ1v) is 5.80. The molecule has 0 saturated heterocycles. The molecular formula is C11H8BrClN2O. The van der Waals surface area contributed by atoms with Gasteiger partial charge in [0.1, 0.15) is 5.82 Å². The van der Waals surface area contributed by atoms with Crippen molar-refractivity contribution in [2.45, 2.75) is 6.42 Å². The van der Waals surface area contributed by atoms with Crippen LogP contribution < -0.4 is 0 Å². The van der Waals surface area contributed by atoms with Gasteiger partial charge in [-0.3, -0.25) is 4.79 Å². The van der Waals surface area contributed by atoms with Crippen molar-refractivity contribution < 1.29 is 4.79 Å². The Morgan fingerprint density at radius 2 is 2.31 bits per heavy atom. The molecule has 1 heterocycles. The van der Waals surface area contributed by atoms with E-state index in [-0.39, 0.29) is 12.2 Å². The van der Waals surface area contributed by atoms with E-state index in [0.29, 0.717) is 16.4 Å². The molecule has 0 saturated carbocycles. The van der Waals surface area contributed by atoms with Gasteiger partial charge in [-0.1, -0.05) is 27.5 Å². The van der Waals surface area contributed by atoms with Crippen LogP contribution in [0.4, 0.5) is 0 Å². The monoisotopic (exact) mass is 298 g/mol. The zero-order chi connectivity index (χ0) is 11.5. The summed E-state index contributed by atoms with van der Waals surface area (Å²) in [4.78, 5) is 18.8. The zero-order valence-corrected chi connectivity index (χ0v) is 10.5. The lowest BCUT2D eigenvalue weighted by Crippen LogP contribution is -2.05. The molecule has 16 heavy (non-hydrogen) atoms. The van der Waals surface area contributed by atoms with Crippen LogP contribution in [0.25, 0.3) is 0 Å². The molecule has 82 valence electrons. The molecule has 2 rings (SSSR count). The summed E-state index contributed by atoms with van der Waals surface area (Å²) in [6, 6.07) is 5.21. The Labute approximate surface area is 106 Å². The number of carbonyl (C=O) groups excluding carboxylic acids is 1. The van der Waals surface area contributed by atoms with E-state index in [1.54, 1.807) is 30.6 Å². The Morgan fingerprint density at radius 3 is 3.00 bits per heavy atom. The van der Waals surface area contributed by atoms with Gasteiger partial charge in [-0.25, -0.2) is 4.98 Å². The van der Waals surface area contributed by atoms with Gasteiger partial charge in [0.2, 0.25) is 0 Å². The molecule has 0 atom stereocenters. The van der Waals surface area contributed by atoms with Crippen molar-refractivity contribution >= 4 is 33.3 Å². The normalized spacial score (nSPS) is 10.4. The lowest BCUT2D eigenvalue weighted by molar-refractivity contribution is 0.0991. The van der Waals surface area contributed by atoms with Crippen molar-refractivity contribution in [1.29, 1.82) is 0 Å². The second kappa shape index (κ2) is 4.80. The average molecular weight is 300 g/mol. The molecule has 0 amide bonds. The van der Waals surface area contributed by atoms with Gasteiger partial charge in [-0.15, -0.1) is 0 Å². The van der Waals surface area contributed by atoms with E-state index in [1.807, 2.05) is 0 Å². The van der Waals surface area contributed by atoms with Crippen LogP contribution in [-0.4, -0.2) is 15.8 Å². The predicted molar refractivity (Wildman–Crippen MR) is 65.8 cm³/mol. The van der Waals surface area contributed by atoms with Gasteiger partial charge in [-0.2, -0.15) is 0 Å². The van der Waals surface area contributed by atoms with Gasteiger partial charge in [0.05, 0.1) is 11.4 Å².